The topological polar surface area (TPSA) is 76.3 Å². The molecule has 1 aromatic heterocycles. The van der Waals surface area contributed by atoms with Gasteiger partial charge in [0.15, 0.2) is 0 Å². The van der Waals surface area contributed by atoms with Gasteiger partial charge in [-0.3, -0.25) is 4.98 Å². The first kappa shape index (κ1) is 17.7. The number of pyridine rings is 1. The molecule has 0 aliphatic carbocycles. The Morgan fingerprint density at radius 1 is 1.50 bits per heavy atom. The Balaban J connectivity index is 0.00000200. The van der Waals surface area contributed by atoms with Crippen molar-refractivity contribution in [2.24, 2.45) is 11.7 Å². The lowest BCUT2D eigenvalue weighted by Gasteiger charge is -2.33. The summed E-state index contributed by atoms with van der Waals surface area (Å²) in [6.45, 7) is 2.91. The van der Waals surface area contributed by atoms with Crippen LogP contribution in [0.2, 0.25) is 5.02 Å². The van der Waals surface area contributed by atoms with Gasteiger partial charge >= 0.3 is 0 Å². The second-order valence-corrected chi connectivity index (χ2v) is 7.34. The van der Waals surface area contributed by atoms with Crippen molar-refractivity contribution in [1.29, 1.82) is 0 Å². The van der Waals surface area contributed by atoms with Crippen LogP contribution in [-0.2, 0) is 10.0 Å². The molecular weight excluding hydrogens is 321 g/mol. The van der Waals surface area contributed by atoms with Crippen molar-refractivity contribution < 1.29 is 8.42 Å². The predicted octanol–water partition coefficient (Wildman–Crippen LogP) is 1.90. The molecule has 2 unspecified atom stereocenters. The van der Waals surface area contributed by atoms with Crippen LogP contribution in [0, 0.1) is 5.92 Å². The maximum atomic E-state index is 12.5. The monoisotopic (exact) mass is 339 g/mol. The summed E-state index contributed by atoms with van der Waals surface area (Å²) in [4.78, 5) is 3.98. The van der Waals surface area contributed by atoms with E-state index in [0.717, 1.165) is 12.8 Å². The molecule has 114 valence electrons. The molecule has 1 aliphatic heterocycles. The highest BCUT2D eigenvalue weighted by atomic mass is 35.5. The summed E-state index contributed by atoms with van der Waals surface area (Å²) in [5.41, 5.74) is 5.88. The first-order valence-corrected chi connectivity index (χ1v) is 8.09. The van der Waals surface area contributed by atoms with Gasteiger partial charge in [-0.2, -0.15) is 4.31 Å². The quantitative estimate of drug-likeness (QED) is 0.912. The SMILES string of the molecule is CC(N)C1CCCN(S(=O)(=O)c2cncc(Cl)c2)C1.Cl. The van der Waals surface area contributed by atoms with Crippen LogP contribution in [0.4, 0.5) is 0 Å². The standard InChI is InChI=1S/C12H18ClN3O2S.ClH/c1-9(14)10-3-2-4-16(8-10)19(17,18)12-5-11(13)6-15-7-12;/h5-7,9-10H,2-4,8,14H2,1H3;1H. The van der Waals surface area contributed by atoms with Gasteiger partial charge in [0.25, 0.3) is 0 Å². The summed E-state index contributed by atoms with van der Waals surface area (Å²) in [7, 11) is -3.52. The van der Waals surface area contributed by atoms with Crippen LogP contribution in [0.25, 0.3) is 0 Å². The Morgan fingerprint density at radius 3 is 2.80 bits per heavy atom. The Bertz CT molecular complexity index is 551. The third-order valence-corrected chi connectivity index (χ3v) is 5.52. The van der Waals surface area contributed by atoms with Crippen LogP contribution in [-0.4, -0.2) is 36.8 Å². The summed E-state index contributed by atoms with van der Waals surface area (Å²) in [6, 6.07) is 1.43. The van der Waals surface area contributed by atoms with Crippen LogP contribution in [0.15, 0.2) is 23.4 Å². The molecule has 1 saturated heterocycles. The lowest BCUT2D eigenvalue weighted by molar-refractivity contribution is 0.243. The van der Waals surface area contributed by atoms with Gasteiger partial charge in [-0.05, 0) is 31.7 Å². The van der Waals surface area contributed by atoms with Gasteiger partial charge in [0.2, 0.25) is 10.0 Å². The maximum absolute atomic E-state index is 12.5. The summed E-state index contributed by atoms with van der Waals surface area (Å²) in [5.74, 6) is 0.204. The Kier molecular flexibility index (Phi) is 6.22. The Morgan fingerprint density at radius 2 is 2.20 bits per heavy atom. The molecule has 1 fully saturated rings. The molecule has 1 aliphatic rings. The van der Waals surface area contributed by atoms with Crippen molar-refractivity contribution in [2.75, 3.05) is 13.1 Å². The normalized spacial score (nSPS) is 22.1. The van der Waals surface area contributed by atoms with Gasteiger partial charge in [-0.15, -0.1) is 12.4 Å². The molecule has 0 amide bonds. The maximum Gasteiger partial charge on any atom is 0.244 e. The number of halogens is 2. The van der Waals surface area contributed by atoms with Crippen LogP contribution >= 0.6 is 24.0 Å². The van der Waals surface area contributed by atoms with E-state index in [2.05, 4.69) is 4.98 Å². The highest BCUT2D eigenvalue weighted by Crippen LogP contribution is 2.25. The van der Waals surface area contributed by atoms with E-state index in [1.165, 1.54) is 22.8 Å². The number of nitrogens with zero attached hydrogens (tertiary/aromatic N) is 2. The summed E-state index contributed by atoms with van der Waals surface area (Å²) in [6.07, 6.45) is 4.55. The molecule has 0 saturated carbocycles. The minimum atomic E-state index is -3.52. The van der Waals surface area contributed by atoms with E-state index in [-0.39, 0.29) is 29.3 Å². The zero-order valence-corrected chi connectivity index (χ0v) is 13.6. The number of hydrogen-bond acceptors (Lipinski definition) is 4. The average molecular weight is 340 g/mol. The molecule has 0 aromatic carbocycles. The molecule has 2 heterocycles. The van der Waals surface area contributed by atoms with Crippen LogP contribution in [0.1, 0.15) is 19.8 Å². The molecular formula is C12H19Cl2N3O2S. The van der Waals surface area contributed by atoms with Gasteiger partial charge in [-0.1, -0.05) is 11.6 Å². The average Bonchev–Trinajstić information content (AvgIpc) is 2.39. The van der Waals surface area contributed by atoms with Crippen molar-refractivity contribution in [3.8, 4) is 0 Å². The molecule has 20 heavy (non-hydrogen) atoms. The van der Waals surface area contributed by atoms with E-state index in [9.17, 15) is 8.42 Å². The summed E-state index contributed by atoms with van der Waals surface area (Å²) >= 11 is 5.80. The van der Waals surface area contributed by atoms with E-state index >= 15 is 0 Å². The molecule has 0 spiro atoms. The highest BCUT2D eigenvalue weighted by Gasteiger charge is 2.31. The van der Waals surface area contributed by atoms with Crippen LogP contribution in [0.5, 0.6) is 0 Å². The fourth-order valence-electron chi connectivity index (χ4n) is 2.30. The smallest absolute Gasteiger partial charge is 0.244 e. The third kappa shape index (κ3) is 3.83. The number of piperidine rings is 1. The molecule has 1 aromatic rings. The molecule has 0 radical (unpaired) electrons. The van der Waals surface area contributed by atoms with Crippen molar-refractivity contribution in [2.45, 2.75) is 30.7 Å². The molecule has 2 N–H and O–H groups in total. The number of sulfonamides is 1. The second-order valence-electron chi connectivity index (χ2n) is 4.96. The Hall–Kier alpha value is -0.400. The van der Waals surface area contributed by atoms with Gasteiger partial charge in [0.1, 0.15) is 4.90 Å². The lowest BCUT2D eigenvalue weighted by Crippen LogP contribution is -2.44. The van der Waals surface area contributed by atoms with E-state index < -0.39 is 10.0 Å². The van der Waals surface area contributed by atoms with Crippen molar-refractivity contribution >= 4 is 34.0 Å². The number of hydrogen-bond donors (Lipinski definition) is 1. The third-order valence-electron chi connectivity index (χ3n) is 3.48. The van der Waals surface area contributed by atoms with Gasteiger partial charge < -0.3 is 5.73 Å². The minimum Gasteiger partial charge on any atom is -0.328 e. The van der Waals surface area contributed by atoms with E-state index in [1.54, 1.807) is 0 Å². The zero-order chi connectivity index (χ0) is 14.0. The van der Waals surface area contributed by atoms with Crippen LogP contribution < -0.4 is 5.73 Å². The number of rotatable bonds is 3. The number of aromatic nitrogens is 1. The first-order valence-electron chi connectivity index (χ1n) is 6.27. The number of nitrogens with two attached hydrogens (primary N) is 1. The lowest BCUT2D eigenvalue weighted by atomic mass is 9.93. The minimum absolute atomic E-state index is 0. The fraction of sp³-hybridized carbons (Fsp3) is 0.583. The second kappa shape index (κ2) is 7.04. The van der Waals surface area contributed by atoms with E-state index in [0.29, 0.717) is 18.1 Å². The van der Waals surface area contributed by atoms with Crippen molar-refractivity contribution in [1.82, 2.24) is 9.29 Å². The van der Waals surface area contributed by atoms with E-state index in [4.69, 9.17) is 17.3 Å². The highest BCUT2D eigenvalue weighted by molar-refractivity contribution is 7.89. The first-order chi connectivity index (χ1) is 8.91. The molecule has 5 nitrogen and oxygen atoms in total. The van der Waals surface area contributed by atoms with Gasteiger partial charge in [0, 0.05) is 31.5 Å². The molecule has 2 atom stereocenters. The molecule has 8 heteroatoms. The van der Waals surface area contributed by atoms with Crippen molar-refractivity contribution in [3.05, 3.63) is 23.5 Å². The van der Waals surface area contributed by atoms with Gasteiger partial charge in [0.05, 0.1) is 5.02 Å². The molecule has 2 rings (SSSR count). The van der Waals surface area contributed by atoms with E-state index in [1.807, 2.05) is 6.92 Å². The predicted molar refractivity (Wildman–Crippen MR) is 81.6 cm³/mol. The summed E-state index contributed by atoms with van der Waals surface area (Å²) in [5, 5.41) is 0.321. The van der Waals surface area contributed by atoms with Crippen molar-refractivity contribution in [3.63, 3.8) is 0 Å². The summed E-state index contributed by atoms with van der Waals surface area (Å²) < 4.78 is 26.5. The zero-order valence-electron chi connectivity index (χ0n) is 11.2. The van der Waals surface area contributed by atoms with Gasteiger partial charge in [-0.25, -0.2) is 8.42 Å². The largest absolute Gasteiger partial charge is 0.328 e. The molecule has 0 bridgehead atoms. The fourth-order valence-corrected chi connectivity index (χ4v) is 4.07. The van der Waals surface area contributed by atoms with Crippen LogP contribution in [0.3, 0.4) is 0 Å². The Labute approximate surface area is 131 Å².